The Morgan fingerprint density at radius 2 is 1.75 bits per heavy atom. The molecule has 0 saturated carbocycles. The van der Waals surface area contributed by atoms with E-state index in [0.29, 0.717) is 26.5 Å². The fourth-order valence-electron chi connectivity index (χ4n) is 2.11. The number of para-hydroxylation sites is 2. The number of hydrogen-bond donors (Lipinski definition) is 1. The molecule has 20 heavy (non-hydrogen) atoms. The van der Waals surface area contributed by atoms with Crippen molar-refractivity contribution in [2.75, 3.05) is 5.73 Å². The number of nitrogens with zero attached hydrogens (tertiary/aromatic N) is 2. The highest BCUT2D eigenvalue weighted by Crippen LogP contribution is 2.17. The molecule has 0 spiro atoms. The lowest BCUT2D eigenvalue weighted by Gasteiger charge is -2.14. The van der Waals surface area contributed by atoms with Gasteiger partial charge >= 0.3 is 11.4 Å². The maximum absolute atomic E-state index is 12.3. The largest absolute Gasteiger partial charge is 0.710 e. The van der Waals surface area contributed by atoms with Crippen molar-refractivity contribution in [3.05, 3.63) is 69.1 Å². The first-order valence-electron chi connectivity index (χ1n) is 5.88. The van der Waals surface area contributed by atoms with Gasteiger partial charge in [0.2, 0.25) is 0 Å². The third-order valence-corrected chi connectivity index (χ3v) is 3.32. The Kier molecular flexibility index (Phi) is 2.84. The lowest BCUT2D eigenvalue weighted by molar-refractivity contribution is -0.562. The number of fused-ring (bicyclic) bond motifs is 1. The Labute approximate surface area is 119 Å². The Morgan fingerprint density at radius 3 is 2.45 bits per heavy atom. The third-order valence-electron chi connectivity index (χ3n) is 3.07. The van der Waals surface area contributed by atoms with E-state index >= 15 is 0 Å². The van der Waals surface area contributed by atoms with Crippen LogP contribution < -0.4 is 16.0 Å². The van der Waals surface area contributed by atoms with Crippen LogP contribution >= 0.6 is 11.6 Å². The van der Waals surface area contributed by atoms with E-state index < -0.39 is 5.56 Å². The molecule has 0 unspecified atom stereocenters. The van der Waals surface area contributed by atoms with Crippen LogP contribution in [0.3, 0.4) is 0 Å². The molecule has 0 fully saturated rings. The van der Waals surface area contributed by atoms with Crippen LogP contribution in [-0.2, 0) is 0 Å². The van der Waals surface area contributed by atoms with Crippen LogP contribution in [0, 0.1) is 5.21 Å². The Bertz CT molecular complexity index is 857. The van der Waals surface area contributed by atoms with Gasteiger partial charge in [-0.3, -0.25) is 15.1 Å². The predicted molar refractivity (Wildman–Crippen MR) is 77.9 cm³/mol. The Hall–Kier alpha value is -2.53. The average Bonchev–Trinajstić information content (AvgIpc) is 2.47. The first kappa shape index (κ1) is 12.5. The number of hydrogen-bond acceptors (Lipinski definition) is 3. The minimum Gasteiger partial charge on any atom is -0.710 e. The fourth-order valence-corrected chi connectivity index (χ4v) is 2.24. The van der Waals surface area contributed by atoms with Crippen molar-refractivity contribution in [1.82, 2.24) is 4.57 Å². The molecule has 5 nitrogen and oxygen atoms in total. The van der Waals surface area contributed by atoms with E-state index in [0.717, 1.165) is 0 Å². The average molecular weight is 288 g/mol. The second-order valence-corrected chi connectivity index (χ2v) is 4.72. The number of nitrogen functional groups attached to an aromatic ring is 1. The van der Waals surface area contributed by atoms with E-state index in [4.69, 9.17) is 17.3 Å². The molecule has 3 aromatic rings. The Morgan fingerprint density at radius 1 is 1.10 bits per heavy atom. The number of benzene rings is 2. The van der Waals surface area contributed by atoms with Crippen molar-refractivity contribution >= 4 is 28.5 Å². The second kappa shape index (κ2) is 4.54. The molecule has 0 saturated heterocycles. The molecule has 3 rings (SSSR count). The summed E-state index contributed by atoms with van der Waals surface area (Å²) in [6.07, 6.45) is 0. The topological polar surface area (TPSA) is 75.0 Å². The van der Waals surface area contributed by atoms with Crippen molar-refractivity contribution in [3.63, 3.8) is 0 Å². The minimum atomic E-state index is -0.555. The molecule has 1 heterocycles. The summed E-state index contributed by atoms with van der Waals surface area (Å²) < 4.78 is 1.85. The van der Waals surface area contributed by atoms with Gasteiger partial charge in [0, 0.05) is 10.7 Å². The first-order chi connectivity index (χ1) is 9.59. The number of rotatable bonds is 1. The summed E-state index contributed by atoms with van der Waals surface area (Å²) in [6.45, 7) is 0. The van der Waals surface area contributed by atoms with Crippen molar-refractivity contribution < 1.29 is 4.73 Å². The molecule has 0 amide bonds. The summed E-state index contributed by atoms with van der Waals surface area (Å²) in [7, 11) is 0. The van der Waals surface area contributed by atoms with Crippen LogP contribution in [0.15, 0.2) is 53.3 Å². The molecule has 6 heteroatoms. The van der Waals surface area contributed by atoms with Crippen LogP contribution in [0.4, 0.5) is 5.82 Å². The van der Waals surface area contributed by atoms with Gasteiger partial charge in [-0.2, -0.15) is 0 Å². The maximum Gasteiger partial charge on any atom is 0.345 e. The quantitative estimate of drug-likeness (QED) is 0.548. The molecule has 0 bridgehead atoms. The van der Waals surface area contributed by atoms with Crippen LogP contribution in [0.2, 0.25) is 5.02 Å². The van der Waals surface area contributed by atoms with Crippen molar-refractivity contribution in [3.8, 4) is 5.69 Å². The van der Waals surface area contributed by atoms with E-state index in [9.17, 15) is 10.0 Å². The summed E-state index contributed by atoms with van der Waals surface area (Å²) in [5.74, 6) is -0.362. The minimum absolute atomic E-state index is 0.333. The van der Waals surface area contributed by atoms with Gasteiger partial charge < -0.3 is 5.21 Å². The van der Waals surface area contributed by atoms with Gasteiger partial charge in [0.25, 0.3) is 0 Å². The van der Waals surface area contributed by atoms with Gasteiger partial charge in [-0.15, -0.1) is 0 Å². The van der Waals surface area contributed by atoms with Crippen LogP contribution in [0.5, 0.6) is 0 Å². The van der Waals surface area contributed by atoms with Gasteiger partial charge in [0.05, 0.1) is 5.52 Å². The summed E-state index contributed by atoms with van der Waals surface area (Å²) >= 11 is 5.85. The predicted octanol–water partition coefficient (Wildman–Crippen LogP) is 1.86. The highest BCUT2D eigenvalue weighted by molar-refractivity contribution is 6.30. The summed E-state index contributed by atoms with van der Waals surface area (Å²) in [6, 6.07) is 13.5. The van der Waals surface area contributed by atoms with Crippen molar-refractivity contribution in [1.29, 1.82) is 0 Å². The van der Waals surface area contributed by atoms with Crippen LogP contribution in [0.25, 0.3) is 16.7 Å². The van der Waals surface area contributed by atoms with Gasteiger partial charge in [0.1, 0.15) is 0 Å². The molecule has 2 aromatic carbocycles. The normalized spacial score (nSPS) is 10.8. The van der Waals surface area contributed by atoms with E-state index in [1.807, 2.05) is 0 Å². The zero-order valence-corrected chi connectivity index (χ0v) is 11.0. The number of aromatic nitrogens is 2. The van der Waals surface area contributed by atoms with Gasteiger partial charge in [-0.05, 0) is 36.4 Å². The second-order valence-electron chi connectivity index (χ2n) is 4.29. The lowest BCUT2D eigenvalue weighted by Crippen LogP contribution is -2.41. The van der Waals surface area contributed by atoms with Gasteiger partial charge in [-0.25, -0.2) is 4.73 Å². The molecule has 1 aromatic heterocycles. The molecule has 2 N–H and O–H groups in total. The number of anilines is 1. The lowest BCUT2D eigenvalue weighted by atomic mass is 10.2. The molecule has 0 aliphatic heterocycles. The van der Waals surface area contributed by atoms with Crippen LogP contribution in [-0.4, -0.2) is 4.57 Å². The summed E-state index contributed by atoms with van der Waals surface area (Å²) in [4.78, 5) is 12.3. The zero-order chi connectivity index (χ0) is 14.3. The molecule has 0 atom stereocenters. The first-order valence-corrected chi connectivity index (χ1v) is 6.26. The molecule has 0 aliphatic rings. The SMILES string of the molecule is Nc1c(=O)n(-c2ccc(Cl)cc2)c2ccccc2[n+]1[O-]. The van der Waals surface area contributed by atoms with Crippen LogP contribution in [0.1, 0.15) is 0 Å². The number of nitrogens with two attached hydrogens (primary N) is 1. The molecular formula is C14H10ClN3O2. The molecular weight excluding hydrogens is 278 g/mol. The van der Waals surface area contributed by atoms with Gasteiger partial charge in [-0.1, -0.05) is 23.7 Å². The summed E-state index contributed by atoms with van der Waals surface area (Å²) in [5.41, 5.74) is 6.48. The third kappa shape index (κ3) is 1.80. The standard InChI is InChI=1S/C14H10ClN3O2/c15-9-5-7-10(8-6-9)17-11-3-1-2-4-12(11)18(20)13(16)14(17)19/h1-8H,16H2. The molecule has 0 radical (unpaired) electrons. The van der Waals surface area contributed by atoms with E-state index in [-0.39, 0.29) is 5.82 Å². The summed E-state index contributed by atoms with van der Waals surface area (Å²) in [5, 5.41) is 12.5. The molecule has 100 valence electrons. The molecule has 0 aliphatic carbocycles. The smallest absolute Gasteiger partial charge is 0.345 e. The van der Waals surface area contributed by atoms with Gasteiger partial charge in [0.15, 0.2) is 5.52 Å². The number of halogens is 1. The fraction of sp³-hybridized carbons (Fsp3) is 0. The van der Waals surface area contributed by atoms with Crippen molar-refractivity contribution in [2.45, 2.75) is 0 Å². The Balaban J connectivity index is 2.46. The van der Waals surface area contributed by atoms with E-state index in [2.05, 4.69) is 0 Å². The van der Waals surface area contributed by atoms with Crippen molar-refractivity contribution in [2.24, 2.45) is 0 Å². The van der Waals surface area contributed by atoms with E-state index in [1.54, 1.807) is 48.5 Å². The highest BCUT2D eigenvalue weighted by Gasteiger charge is 2.16. The maximum atomic E-state index is 12.3. The highest BCUT2D eigenvalue weighted by atomic mass is 35.5. The van der Waals surface area contributed by atoms with E-state index in [1.165, 1.54) is 4.57 Å². The monoisotopic (exact) mass is 287 g/mol. The zero-order valence-electron chi connectivity index (χ0n) is 10.3.